The maximum atomic E-state index is 12.4. The molecular weight excluding hydrogens is 304 g/mol. The number of sulfonamides is 1. The first kappa shape index (κ1) is 15.2. The maximum Gasteiger partial charge on any atom is 0.254 e. The number of hydrogen-bond donors (Lipinski definition) is 1. The predicted molar refractivity (Wildman–Crippen MR) is 74.3 cm³/mol. The highest BCUT2D eigenvalue weighted by Crippen LogP contribution is 2.25. The van der Waals surface area contributed by atoms with E-state index in [0.717, 1.165) is 0 Å². The lowest BCUT2D eigenvalue weighted by atomic mass is 10.1. The van der Waals surface area contributed by atoms with Gasteiger partial charge in [-0.1, -0.05) is 11.6 Å². The molecule has 8 heteroatoms. The molecule has 6 nitrogen and oxygen atoms in total. The van der Waals surface area contributed by atoms with Gasteiger partial charge in [-0.15, -0.1) is 0 Å². The third-order valence-electron chi connectivity index (χ3n) is 3.16. The predicted octanol–water partition coefficient (Wildman–Crippen LogP) is 0.768. The second kappa shape index (κ2) is 5.69. The number of halogens is 1. The van der Waals surface area contributed by atoms with E-state index in [4.69, 9.17) is 21.5 Å². The Labute approximate surface area is 122 Å². The summed E-state index contributed by atoms with van der Waals surface area (Å²) >= 11 is 5.90. The van der Waals surface area contributed by atoms with Crippen molar-refractivity contribution in [2.75, 3.05) is 26.3 Å². The van der Waals surface area contributed by atoms with E-state index in [-0.39, 0.29) is 21.4 Å². The molecule has 0 aliphatic carbocycles. The van der Waals surface area contributed by atoms with E-state index in [1.807, 2.05) is 0 Å². The van der Waals surface area contributed by atoms with Gasteiger partial charge in [0.05, 0.1) is 18.1 Å². The van der Waals surface area contributed by atoms with Crippen molar-refractivity contribution in [2.45, 2.75) is 11.8 Å². The Bertz CT molecular complexity index is 639. The monoisotopic (exact) mass is 318 g/mol. The van der Waals surface area contributed by atoms with Crippen LogP contribution in [0, 0.1) is 6.92 Å². The highest BCUT2D eigenvalue weighted by atomic mass is 35.5. The summed E-state index contributed by atoms with van der Waals surface area (Å²) in [7, 11) is -3.92. The Morgan fingerprint density at radius 2 is 1.95 bits per heavy atom. The summed E-state index contributed by atoms with van der Waals surface area (Å²) in [6.45, 7) is 3.41. The number of ether oxygens (including phenoxy) is 1. The van der Waals surface area contributed by atoms with E-state index in [1.54, 1.807) is 11.8 Å². The van der Waals surface area contributed by atoms with E-state index in [0.29, 0.717) is 31.9 Å². The van der Waals surface area contributed by atoms with Gasteiger partial charge in [-0.3, -0.25) is 4.79 Å². The SMILES string of the molecule is Cc1c(C(=O)N2CCOCC2)cc(Cl)cc1S(N)(=O)=O. The Hall–Kier alpha value is -1.15. The van der Waals surface area contributed by atoms with Crippen LogP contribution < -0.4 is 5.14 Å². The molecule has 1 fully saturated rings. The zero-order chi connectivity index (χ0) is 14.9. The molecule has 1 aliphatic rings. The zero-order valence-electron chi connectivity index (χ0n) is 10.9. The summed E-state index contributed by atoms with van der Waals surface area (Å²) in [4.78, 5) is 13.9. The van der Waals surface area contributed by atoms with Crippen LogP contribution >= 0.6 is 11.6 Å². The van der Waals surface area contributed by atoms with Crippen LogP contribution in [0.1, 0.15) is 15.9 Å². The van der Waals surface area contributed by atoms with Crippen molar-refractivity contribution in [1.29, 1.82) is 0 Å². The highest BCUT2D eigenvalue weighted by Gasteiger charge is 2.24. The summed E-state index contributed by atoms with van der Waals surface area (Å²) in [6.07, 6.45) is 0. The van der Waals surface area contributed by atoms with Crippen LogP contribution in [0.25, 0.3) is 0 Å². The van der Waals surface area contributed by atoms with Gasteiger partial charge in [-0.2, -0.15) is 0 Å². The minimum atomic E-state index is -3.92. The lowest BCUT2D eigenvalue weighted by molar-refractivity contribution is 0.0302. The number of carbonyl (C=O) groups is 1. The first-order valence-corrected chi connectivity index (χ1v) is 7.93. The van der Waals surface area contributed by atoms with E-state index in [1.165, 1.54) is 12.1 Å². The molecular formula is C12H15ClN2O4S. The van der Waals surface area contributed by atoms with E-state index in [2.05, 4.69) is 0 Å². The standard InChI is InChI=1S/C12H15ClN2O4S/c1-8-10(12(16)15-2-4-19-5-3-15)6-9(13)7-11(8)20(14,17)18/h6-7H,2-5H2,1H3,(H2,14,17,18). The fourth-order valence-corrected chi connectivity index (χ4v) is 3.22. The van der Waals surface area contributed by atoms with Crippen LogP contribution in [0.4, 0.5) is 0 Å². The van der Waals surface area contributed by atoms with Gasteiger partial charge < -0.3 is 9.64 Å². The smallest absolute Gasteiger partial charge is 0.254 e. The van der Waals surface area contributed by atoms with Crippen molar-refractivity contribution in [2.24, 2.45) is 5.14 Å². The minimum Gasteiger partial charge on any atom is -0.378 e. The second-order valence-corrected chi connectivity index (χ2v) is 6.49. The summed E-state index contributed by atoms with van der Waals surface area (Å²) in [6, 6.07) is 2.71. The van der Waals surface area contributed by atoms with Gasteiger partial charge in [-0.05, 0) is 24.6 Å². The molecule has 0 spiro atoms. The molecule has 1 amide bonds. The topological polar surface area (TPSA) is 89.7 Å². The molecule has 2 N–H and O–H groups in total. The Morgan fingerprint density at radius 1 is 1.35 bits per heavy atom. The Kier molecular flexibility index (Phi) is 4.33. The molecule has 1 aromatic carbocycles. The molecule has 1 aromatic rings. The molecule has 0 saturated carbocycles. The molecule has 0 bridgehead atoms. The van der Waals surface area contributed by atoms with Crippen molar-refractivity contribution in [1.82, 2.24) is 4.90 Å². The van der Waals surface area contributed by atoms with Crippen molar-refractivity contribution in [3.63, 3.8) is 0 Å². The molecule has 110 valence electrons. The molecule has 0 atom stereocenters. The average molecular weight is 319 g/mol. The number of carbonyl (C=O) groups excluding carboxylic acids is 1. The number of amides is 1. The number of rotatable bonds is 2. The van der Waals surface area contributed by atoms with E-state index in [9.17, 15) is 13.2 Å². The number of primary sulfonamides is 1. The molecule has 1 saturated heterocycles. The zero-order valence-corrected chi connectivity index (χ0v) is 12.5. The van der Waals surface area contributed by atoms with Crippen LogP contribution in [-0.4, -0.2) is 45.5 Å². The summed E-state index contributed by atoms with van der Waals surface area (Å²) < 4.78 is 28.2. The van der Waals surface area contributed by atoms with Gasteiger partial charge in [0.25, 0.3) is 5.91 Å². The summed E-state index contributed by atoms with van der Waals surface area (Å²) in [5, 5.41) is 5.31. The summed E-state index contributed by atoms with van der Waals surface area (Å²) in [5.74, 6) is -0.266. The molecule has 1 heterocycles. The van der Waals surface area contributed by atoms with E-state index >= 15 is 0 Å². The van der Waals surface area contributed by atoms with Gasteiger partial charge in [0, 0.05) is 23.7 Å². The maximum absolute atomic E-state index is 12.4. The number of nitrogens with two attached hydrogens (primary N) is 1. The van der Waals surface area contributed by atoms with Gasteiger partial charge in [0.1, 0.15) is 0 Å². The number of hydrogen-bond acceptors (Lipinski definition) is 4. The quantitative estimate of drug-likeness (QED) is 0.872. The highest BCUT2D eigenvalue weighted by molar-refractivity contribution is 7.89. The normalized spacial score (nSPS) is 16.2. The third kappa shape index (κ3) is 3.12. The molecule has 1 aliphatic heterocycles. The average Bonchev–Trinajstić information content (AvgIpc) is 2.40. The lowest BCUT2D eigenvalue weighted by Gasteiger charge is -2.27. The first-order chi connectivity index (χ1) is 9.30. The number of benzene rings is 1. The molecule has 0 unspecified atom stereocenters. The fraction of sp³-hybridized carbons (Fsp3) is 0.417. The van der Waals surface area contributed by atoms with Gasteiger partial charge in [-0.25, -0.2) is 13.6 Å². The van der Waals surface area contributed by atoms with Crippen LogP contribution in [0.3, 0.4) is 0 Å². The summed E-state index contributed by atoms with van der Waals surface area (Å²) in [5.41, 5.74) is 0.566. The van der Waals surface area contributed by atoms with Crippen molar-refractivity contribution in [3.8, 4) is 0 Å². The third-order valence-corrected chi connectivity index (χ3v) is 4.42. The van der Waals surface area contributed by atoms with Crippen molar-refractivity contribution in [3.05, 3.63) is 28.3 Å². The van der Waals surface area contributed by atoms with Crippen LogP contribution in [0.2, 0.25) is 5.02 Å². The molecule has 20 heavy (non-hydrogen) atoms. The molecule has 0 radical (unpaired) electrons. The lowest BCUT2D eigenvalue weighted by Crippen LogP contribution is -2.41. The Balaban J connectivity index is 2.46. The van der Waals surface area contributed by atoms with Gasteiger partial charge >= 0.3 is 0 Å². The largest absolute Gasteiger partial charge is 0.378 e. The van der Waals surface area contributed by atoms with Crippen LogP contribution in [0.15, 0.2) is 17.0 Å². The van der Waals surface area contributed by atoms with Crippen LogP contribution in [0.5, 0.6) is 0 Å². The van der Waals surface area contributed by atoms with Gasteiger partial charge in [0.15, 0.2) is 0 Å². The molecule has 2 rings (SSSR count). The van der Waals surface area contributed by atoms with Crippen molar-refractivity contribution >= 4 is 27.5 Å². The van der Waals surface area contributed by atoms with Crippen molar-refractivity contribution < 1.29 is 17.9 Å². The number of morpholine rings is 1. The van der Waals surface area contributed by atoms with Crippen LogP contribution in [-0.2, 0) is 14.8 Å². The first-order valence-electron chi connectivity index (χ1n) is 6.00. The number of nitrogens with zero attached hydrogens (tertiary/aromatic N) is 1. The van der Waals surface area contributed by atoms with Gasteiger partial charge in [0.2, 0.25) is 10.0 Å². The minimum absolute atomic E-state index is 0.124. The second-order valence-electron chi connectivity index (χ2n) is 4.53. The Morgan fingerprint density at radius 3 is 2.50 bits per heavy atom. The van der Waals surface area contributed by atoms with E-state index < -0.39 is 10.0 Å². The molecule has 0 aromatic heterocycles. The fourth-order valence-electron chi connectivity index (χ4n) is 2.11.